The number of nitrogens with zero attached hydrogens (tertiary/aromatic N) is 2. The summed E-state index contributed by atoms with van der Waals surface area (Å²) in [5.74, 6) is -0.353. The monoisotopic (exact) mass is 241 g/mol. The van der Waals surface area contributed by atoms with Gasteiger partial charge in [-0.1, -0.05) is 18.2 Å². The van der Waals surface area contributed by atoms with Crippen LogP contribution in [0.2, 0.25) is 0 Å². The number of rotatable bonds is 3. The maximum absolute atomic E-state index is 12.1. The second kappa shape index (κ2) is 5.15. The van der Waals surface area contributed by atoms with E-state index >= 15 is 0 Å². The van der Waals surface area contributed by atoms with Crippen molar-refractivity contribution in [1.82, 2.24) is 9.88 Å². The maximum atomic E-state index is 12.1. The summed E-state index contributed by atoms with van der Waals surface area (Å²) >= 11 is 0. The molecule has 0 aliphatic carbocycles. The summed E-state index contributed by atoms with van der Waals surface area (Å²) in [6.45, 7) is -0.132. The molecule has 0 bridgehead atoms. The van der Waals surface area contributed by atoms with Crippen molar-refractivity contribution in [2.45, 2.75) is 6.54 Å². The summed E-state index contributed by atoms with van der Waals surface area (Å²) in [7, 11) is 0. The number of carbonyl (C=O) groups is 1. The molecule has 0 unspecified atom stereocenters. The van der Waals surface area contributed by atoms with E-state index in [2.05, 4.69) is 5.32 Å². The van der Waals surface area contributed by atoms with E-state index in [0.29, 0.717) is 5.39 Å². The second-order valence-corrected chi connectivity index (χ2v) is 3.77. The van der Waals surface area contributed by atoms with Crippen molar-refractivity contribution in [3.05, 3.63) is 46.9 Å². The molecule has 5 nitrogen and oxygen atoms in total. The zero-order valence-electron chi connectivity index (χ0n) is 9.59. The predicted molar refractivity (Wildman–Crippen MR) is 66.8 cm³/mol. The van der Waals surface area contributed by atoms with Crippen molar-refractivity contribution in [2.75, 3.05) is 6.54 Å². The molecule has 0 atom stereocenters. The number of hydrogen-bond donors (Lipinski definition) is 1. The van der Waals surface area contributed by atoms with Crippen LogP contribution in [0.15, 0.2) is 41.3 Å². The first kappa shape index (κ1) is 11.9. The van der Waals surface area contributed by atoms with Gasteiger partial charge < -0.3 is 9.88 Å². The van der Waals surface area contributed by atoms with Crippen LogP contribution in [-0.4, -0.2) is 17.0 Å². The first-order valence-corrected chi connectivity index (χ1v) is 5.44. The molecule has 1 heterocycles. The summed E-state index contributed by atoms with van der Waals surface area (Å²) in [4.78, 5) is 23.5. The van der Waals surface area contributed by atoms with Crippen molar-refractivity contribution in [3.8, 4) is 6.07 Å². The van der Waals surface area contributed by atoms with Gasteiger partial charge in [-0.3, -0.25) is 9.59 Å². The molecule has 0 saturated heterocycles. The Kier molecular flexibility index (Phi) is 3.39. The molecule has 0 saturated carbocycles. The molecule has 5 heteroatoms. The Balaban J connectivity index is 2.30. The van der Waals surface area contributed by atoms with E-state index in [1.165, 1.54) is 4.57 Å². The molecule has 1 N–H and O–H groups in total. The number of fused-ring (bicyclic) bond motifs is 1. The summed E-state index contributed by atoms with van der Waals surface area (Å²) in [5.41, 5.74) is -0.208. The molecule has 2 rings (SSSR count). The molecule has 0 aliphatic heterocycles. The number of benzene rings is 1. The van der Waals surface area contributed by atoms with Crippen LogP contribution in [0.5, 0.6) is 0 Å². The third-order valence-electron chi connectivity index (χ3n) is 2.56. The van der Waals surface area contributed by atoms with Crippen molar-refractivity contribution in [1.29, 1.82) is 5.26 Å². The smallest absolute Gasteiger partial charge is 0.258 e. The lowest BCUT2D eigenvalue weighted by atomic mass is 10.2. The number of nitriles is 1. The predicted octanol–water partition coefficient (Wildman–Crippen LogP) is 0.641. The lowest BCUT2D eigenvalue weighted by Gasteiger charge is -2.06. The van der Waals surface area contributed by atoms with Gasteiger partial charge in [-0.15, -0.1) is 0 Å². The van der Waals surface area contributed by atoms with Crippen molar-refractivity contribution >= 4 is 16.7 Å². The zero-order chi connectivity index (χ0) is 13.0. The van der Waals surface area contributed by atoms with Crippen molar-refractivity contribution in [2.24, 2.45) is 0 Å². The molecule has 0 fully saturated rings. The van der Waals surface area contributed by atoms with Crippen LogP contribution in [0, 0.1) is 11.3 Å². The topological polar surface area (TPSA) is 74.9 Å². The van der Waals surface area contributed by atoms with E-state index in [0.717, 1.165) is 5.39 Å². The van der Waals surface area contributed by atoms with Crippen LogP contribution in [0.25, 0.3) is 10.8 Å². The fraction of sp³-hybridized carbons (Fsp3) is 0.154. The fourth-order valence-corrected chi connectivity index (χ4v) is 1.70. The van der Waals surface area contributed by atoms with E-state index in [9.17, 15) is 9.59 Å². The van der Waals surface area contributed by atoms with Crippen molar-refractivity contribution in [3.63, 3.8) is 0 Å². The second-order valence-electron chi connectivity index (χ2n) is 3.77. The van der Waals surface area contributed by atoms with E-state index in [4.69, 9.17) is 5.26 Å². The SMILES string of the molecule is N#CCNC(=O)Cn1ccc2ccccc2c1=O. The number of carbonyl (C=O) groups excluding carboxylic acids is 1. The van der Waals surface area contributed by atoms with Gasteiger partial charge in [0.25, 0.3) is 5.56 Å². The van der Waals surface area contributed by atoms with Crippen LogP contribution >= 0.6 is 0 Å². The number of amides is 1. The summed E-state index contributed by atoms with van der Waals surface area (Å²) < 4.78 is 1.33. The van der Waals surface area contributed by atoms with Gasteiger partial charge in [0.2, 0.25) is 5.91 Å². The van der Waals surface area contributed by atoms with Crippen LogP contribution in [-0.2, 0) is 11.3 Å². The Bertz CT molecular complexity index is 682. The maximum Gasteiger partial charge on any atom is 0.258 e. The van der Waals surface area contributed by atoms with Gasteiger partial charge in [0.15, 0.2) is 0 Å². The molecule has 18 heavy (non-hydrogen) atoms. The molecule has 2 aromatic rings. The van der Waals surface area contributed by atoms with E-state index in [1.54, 1.807) is 24.4 Å². The third-order valence-corrected chi connectivity index (χ3v) is 2.56. The molecule has 1 amide bonds. The van der Waals surface area contributed by atoms with E-state index < -0.39 is 0 Å². The van der Waals surface area contributed by atoms with Gasteiger partial charge in [0.1, 0.15) is 13.1 Å². The molecule has 1 aromatic heterocycles. The van der Waals surface area contributed by atoms with Gasteiger partial charge in [-0.25, -0.2) is 0 Å². The van der Waals surface area contributed by atoms with Gasteiger partial charge in [0.05, 0.1) is 6.07 Å². The minimum absolute atomic E-state index is 0.0544. The molecule has 0 spiro atoms. The molecular weight excluding hydrogens is 230 g/mol. The quantitative estimate of drug-likeness (QED) is 0.801. The van der Waals surface area contributed by atoms with Gasteiger partial charge in [-0.05, 0) is 17.5 Å². The lowest BCUT2D eigenvalue weighted by molar-refractivity contribution is -0.121. The number of nitrogens with one attached hydrogen (secondary N) is 1. The highest BCUT2D eigenvalue weighted by Crippen LogP contribution is 2.07. The van der Waals surface area contributed by atoms with Gasteiger partial charge in [-0.2, -0.15) is 5.26 Å². The summed E-state index contributed by atoms with van der Waals surface area (Å²) in [6, 6.07) is 10.8. The minimum Gasteiger partial charge on any atom is -0.341 e. The Hall–Kier alpha value is -2.61. The Morgan fingerprint density at radius 3 is 2.89 bits per heavy atom. The highest BCUT2D eigenvalue weighted by atomic mass is 16.2. The Morgan fingerprint density at radius 1 is 1.33 bits per heavy atom. The molecular formula is C13H11N3O2. The Labute approximate surface area is 103 Å². The largest absolute Gasteiger partial charge is 0.341 e. The van der Waals surface area contributed by atoms with E-state index in [-0.39, 0.29) is 24.6 Å². The first-order chi connectivity index (χ1) is 8.72. The minimum atomic E-state index is -0.353. The highest BCUT2D eigenvalue weighted by Gasteiger charge is 2.06. The van der Waals surface area contributed by atoms with Gasteiger partial charge in [0, 0.05) is 11.6 Å². The molecule has 90 valence electrons. The number of aromatic nitrogens is 1. The normalized spacial score (nSPS) is 9.94. The standard InChI is InChI=1S/C13H11N3O2/c14-6-7-15-12(17)9-16-8-5-10-3-1-2-4-11(10)13(16)18/h1-5,8H,7,9H2,(H,15,17). The summed E-state index contributed by atoms with van der Waals surface area (Å²) in [5, 5.41) is 12.2. The molecule has 0 aliphatic rings. The van der Waals surface area contributed by atoms with Crippen molar-refractivity contribution < 1.29 is 4.79 Å². The number of pyridine rings is 1. The number of hydrogen-bond acceptors (Lipinski definition) is 3. The van der Waals surface area contributed by atoms with Crippen LogP contribution in [0.4, 0.5) is 0 Å². The third kappa shape index (κ3) is 2.38. The molecule has 0 radical (unpaired) electrons. The lowest BCUT2D eigenvalue weighted by Crippen LogP contribution is -2.32. The first-order valence-electron chi connectivity index (χ1n) is 5.44. The Morgan fingerprint density at radius 2 is 2.11 bits per heavy atom. The average Bonchev–Trinajstić information content (AvgIpc) is 2.40. The van der Waals surface area contributed by atoms with Gasteiger partial charge >= 0.3 is 0 Å². The summed E-state index contributed by atoms with van der Waals surface area (Å²) in [6.07, 6.45) is 1.58. The van der Waals surface area contributed by atoms with Crippen LogP contribution < -0.4 is 10.9 Å². The fourth-order valence-electron chi connectivity index (χ4n) is 1.70. The highest BCUT2D eigenvalue weighted by molar-refractivity contribution is 5.82. The van der Waals surface area contributed by atoms with E-state index in [1.807, 2.05) is 18.2 Å². The van der Waals surface area contributed by atoms with Crippen LogP contribution in [0.3, 0.4) is 0 Å². The zero-order valence-corrected chi connectivity index (χ0v) is 9.59. The average molecular weight is 241 g/mol. The molecule has 1 aromatic carbocycles. The van der Waals surface area contributed by atoms with Crippen LogP contribution in [0.1, 0.15) is 0 Å².